The second kappa shape index (κ2) is 6.27. The van der Waals surface area contributed by atoms with Crippen LogP contribution in [0, 0.1) is 20.2 Å². The van der Waals surface area contributed by atoms with E-state index < -0.39 is 21.2 Å². The maximum atomic E-state index is 12.0. The molecule has 1 aliphatic heterocycles. The Morgan fingerprint density at radius 2 is 1.76 bits per heavy atom. The topological polar surface area (TPSA) is 116 Å². The van der Waals surface area contributed by atoms with Crippen molar-refractivity contribution in [1.29, 1.82) is 0 Å². The monoisotopic (exact) mass is 295 g/mol. The van der Waals surface area contributed by atoms with Gasteiger partial charge in [0.15, 0.2) is 0 Å². The lowest BCUT2D eigenvalue weighted by Crippen LogP contribution is -2.41. The minimum Gasteiger partial charge on any atom is -0.378 e. The molecule has 0 saturated carbocycles. The van der Waals surface area contributed by atoms with E-state index in [1.54, 1.807) is 4.90 Å². The first-order valence-corrected chi connectivity index (χ1v) is 6.26. The summed E-state index contributed by atoms with van der Waals surface area (Å²) in [6, 6.07) is 3.50. The summed E-state index contributed by atoms with van der Waals surface area (Å²) in [5.41, 5.74) is -0.807. The lowest BCUT2D eigenvalue weighted by molar-refractivity contribution is -0.422. The van der Waals surface area contributed by atoms with E-state index in [1.807, 2.05) is 0 Å². The van der Waals surface area contributed by atoms with Gasteiger partial charge >= 0.3 is 11.4 Å². The van der Waals surface area contributed by atoms with Gasteiger partial charge in [-0.2, -0.15) is 0 Å². The molecule has 1 saturated heterocycles. The number of morpholine rings is 1. The van der Waals surface area contributed by atoms with Crippen molar-refractivity contribution in [3.8, 4) is 0 Å². The fourth-order valence-corrected chi connectivity index (χ4v) is 2.08. The van der Waals surface area contributed by atoms with Crippen molar-refractivity contribution < 1.29 is 19.4 Å². The highest BCUT2D eigenvalue weighted by Crippen LogP contribution is 2.27. The summed E-state index contributed by atoms with van der Waals surface area (Å²) in [4.78, 5) is 33.6. The van der Waals surface area contributed by atoms with Gasteiger partial charge in [-0.15, -0.1) is 0 Å². The van der Waals surface area contributed by atoms with E-state index in [0.717, 1.165) is 12.1 Å². The van der Waals surface area contributed by atoms with Gasteiger partial charge in [-0.25, -0.2) is 0 Å². The number of carbonyl (C=O) groups is 1. The van der Waals surface area contributed by atoms with Crippen molar-refractivity contribution in [3.63, 3.8) is 0 Å². The second-order valence-electron chi connectivity index (χ2n) is 4.51. The summed E-state index contributed by atoms with van der Waals surface area (Å²) in [5.74, 6) is -0.179. The fourth-order valence-electron chi connectivity index (χ4n) is 2.08. The van der Waals surface area contributed by atoms with Crippen LogP contribution >= 0.6 is 0 Å². The molecule has 1 fully saturated rings. The van der Waals surface area contributed by atoms with Gasteiger partial charge in [-0.3, -0.25) is 25.0 Å². The highest BCUT2D eigenvalue weighted by atomic mass is 16.6. The molecule has 112 valence electrons. The first-order valence-electron chi connectivity index (χ1n) is 6.26. The van der Waals surface area contributed by atoms with E-state index in [9.17, 15) is 25.0 Å². The summed E-state index contributed by atoms with van der Waals surface area (Å²) < 4.78 is 5.13. The summed E-state index contributed by atoms with van der Waals surface area (Å²) in [6.07, 6.45) is -0.0289. The van der Waals surface area contributed by atoms with E-state index in [2.05, 4.69) is 0 Å². The molecule has 21 heavy (non-hydrogen) atoms. The Bertz CT molecular complexity index is 582. The number of carbonyl (C=O) groups excluding carboxylic acids is 1. The van der Waals surface area contributed by atoms with Crippen molar-refractivity contribution >= 4 is 17.3 Å². The maximum absolute atomic E-state index is 12.0. The molecular formula is C12H13N3O6. The molecule has 1 heterocycles. The Kier molecular flexibility index (Phi) is 4.43. The molecule has 0 unspecified atom stereocenters. The molecule has 1 aromatic carbocycles. The van der Waals surface area contributed by atoms with Crippen molar-refractivity contribution in [2.45, 2.75) is 6.42 Å². The molecule has 0 aliphatic carbocycles. The van der Waals surface area contributed by atoms with Gasteiger partial charge in [-0.1, -0.05) is 6.07 Å². The highest BCUT2D eigenvalue weighted by molar-refractivity contribution is 5.79. The van der Waals surface area contributed by atoms with Crippen molar-refractivity contribution in [2.24, 2.45) is 0 Å². The minimum atomic E-state index is -0.819. The van der Waals surface area contributed by atoms with E-state index in [1.165, 1.54) is 6.07 Å². The highest BCUT2D eigenvalue weighted by Gasteiger charge is 2.25. The van der Waals surface area contributed by atoms with Crippen molar-refractivity contribution in [1.82, 2.24) is 4.90 Å². The molecule has 2 rings (SSSR count). The number of nitro groups is 2. The number of benzene rings is 1. The van der Waals surface area contributed by atoms with Gasteiger partial charge in [0.1, 0.15) is 0 Å². The number of hydrogen-bond acceptors (Lipinski definition) is 6. The standard InChI is InChI=1S/C12H13N3O6/c16-12(13-3-5-21-6-4-13)8-9-1-2-10(14(17)18)11(7-9)15(19)20/h1-2,7H,3-6,8H2. The fraction of sp³-hybridized carbons (Fsp3) is 0.417. The third-order valence-electron chi connectivity index (χ3n) is 3.15. The molecule has 1 amide bonds. The van der Waals surface area contributed by atoms with Gasteiger partial charge in [0, 0.05) is 25.2 Å². The maximum Gasteiger partial charge on any atom is 0.346 e. The molecular weight excluding hydrogens is 282 g/mol. The second-order valence-corrected chi connectivity index (χ2v) is 4.51. The molecule has 0 bridgehead atoms. The van der Waals surface area contributed by atoms with Crippen LogP contribution in [0.4, 0.5) is 11.4 Å². The Hall–Kier alpha value is -2.55. The molecule has 0 radical (unpaired) electrons. The minimum absolute atomic E-state index is 0.0289. The van der Waals surface area contributed by atoms with Gasteiger partial charge < -0.3 is 9.64 Å². The van der Waals surface area contributed by atoms with Crippen LogP contribution in [0.2, 0.25) is 0 Å². The van der Waals surface area contributed by atoms with Gasteiger partial charge in [-0.05, 0) is 5.56 Å². The van der Waals surface area contributed by atoms with Crippen molar-refractivity contribution in [2.75, 3.05) is 26.3 Å². The van der Waals surface area contributed by atoms with Crippen LogP contribution in [0.25, 0.3) is 0 Å². The first-order chi connectivity index (χ1) is 9.99. The van der Waals surface area contributed by atoms with E-state index >= 15 is 0 Å². The predicted octanol–water partition coefficient (Wildman–Crippen LogP) is 0.904. The molecule has 9 heteroatoms. The quantitative estimate of drug-likeness (QED) is 0.602. The lowest BCUT2D eigenvalue weighted by Gasteiger charge is -2.26. The zero-order valence-electron chi connectivity index (χ0n) is 11.1. The first kappa shape index (κ1) is 14.9. The molecule has 1 aromatic rings. The van der Waals surface area contributed by atoms with E-state index in [4.69, 9.17) is 4.74 Å². The molecule has 0 N–H and O–H groups in total. The number of nitro benzene ring substituents is 2. The van der Waals surface area contributed by atoms with Crippen LogP contribution in [0.1, 0.15) is 5.56 Å². The SMILES string of the molecule is O=C(Cc1ccc([N+](=O)[O-])c([N+](=O)[O-])c1)N1CCOCC1. The third-order valence-corrected chi connectivity index (χ3v) is 3.15. The number of amides is 1. The van der Waals surface area contributed by atoms with Crippen LogP contribution in [0.15, 0.2) is 18.2 Å². The molecule has 9 nitrogen and oxygen atoms in total. The summed E-state index contributed by atoms with van der Waals surface area (Å²) in [6.45, 7) is 1.89. The van der Waals surface area contributed by atoms with Gasteiger partial charge in [0.2, 0.25) is 5.91 Å². The van der Waals surface area contributed by atoms with Gasteiger partial charge in [0.05, 0.1) is 29.5 Å². The Morgan fingerprint density at radius 3 is 2.33 bits per heavy atom. The van der Waals surface area contributed by atoms with Crippen LogP contribution in [-0.4, -0.2) is 47.0 Å². The Labute approximate surface area is 119 Å². The predicted molar refractivity (Wildman–Crippen MR) is 70.9 cm³/mol. The van der Waals surface area contributed by atoms with Gasteiger partial charge in [0.25, 0.3) is 0 Å². The smallest absolute Gasteiger partial charge is 0.346 e. The molecule has 0 aromatic heterocycles. The average molecular weight is 295 g/mol. The third kappa shape index (κ3) is 3.51. The average Bonchev–Trinajstić information content (AvgIpc) is 2.47. The Morgan fingerprint density at radius 1 is 1.14 bits per heavy atom. The molecule has 1 aliphatic rings. The zero-order chi connectivity index (χ0) is 15.4. The number of hydrogen-bond donors (Lipinski definition) is 0. The zero-order valence-corrected chi connectivity index (χ0v) is 11.1. The molecule has 0 spiro atoms. The van der Waals surface area contributed by atoms with Crippen LogP contribution in [0.3, 0.4) is 0 Å². The van der Waals surface area contributed by atoms with Crippen LogP contribution in [-0.2, 0) is 16.0 Å². The summed E-state index contributed by atoms with van der Waals surface area (Å²) in [5, 5.41) is 21.6. The van der Waals surface area contributed by atoms with E-state index in [0.29, 0.717) is 31.9 Å². The summed E-state index contributed by atoms with van der Waals surface area (Å²) >= 11 is 0. The normalized spacial score (nSPS) is 14.8. The Balaban J connectivity index is 2.16. The van der Waals surface area contributed by atoms with Crippen molar-refractivity contribution in [3.05, 3.63) is 44.0 Å². The van der Waals surface area contributed by atoms with Crippen LogP contribution < -0.4 is 0 Å². The number of ether oxygens (including phenoxy) is 1. The number of rotatable bonds is 4. The summed E-state index contributed by atoms with van der Waals surface area (Å²) in [7, 11) is 0. The number of nitrogens with zero attached hydrogens (tertiary/aromatic N) is 3. The molecule has 0 atom stereocenters. The lowest BCUT2D eigenvalue weighted by atomic mass is 10.1. The van der Waals surface area contributed by atoms with Crippen LogP contribution in [0.5, 0.6) is 0 Å². The largest absolute Gasteiger partial charge is 0.378 e. The van der Waals surface area contributed by atoms with E-state index in [-0.39, 0.29) is 12.3 Å².